The van der Waals surface area contributed by atoms with Gasteiger partial charge in [-0.3, -0.25) is 4.79 Å². The highest BCUT2D eigenvalue weighted by Crippen LogP contribution is 2.08. The van der Waals surface area contributed by atoms with E-state index < -0.39 is 17.5 Å². The van der Waals surface area contributed by atoms with Crippen LogP contribution < -0.4 is 5.32 Å². The standard InChI is InChI=1S/C12H14BrF2NO2/c1-18-7-11(2-3-13)16-12(17)8-4-9(14)6-10(15)5-8/h4-6,11H,2-3,7H2,1H3,(H,16,17). The fourth-order valence-electron chi connectivity index (χ4n) is 1.48. The molecule has 0 aliphatic heterocycles. The minimum absolute atomic E-state index is 0.0387. The van der Waals surface area contributed by atoms with Gasteiger partial charge in [-0.2, -0.15) is 0 Å². The lowest BCUT2D eigenvalue weighted by molar-refractivity contribution is 0.0894. The quantitative estimate of drug-likeness (QED) is 0.817. The van der Waals surface area contributed by atoms with Crippen molar-refractivity contribution in [1.29, 1.82) is 0 Å². The van der Waals surface area contributed by atoms with Gasteiger partial charge in [0.25, 0.3) is 5.91 Å². The number of carbonyl (C=O) groups excluding carboxylic acids is 1. The molecule has 0 spiro atoms. The van der Waals surface area contributed by atoms with Gasteiger partial charge >= 0.3 is 0 Å². The van der Waals surface area contributed by atoms with Gasteiger partial charge in [-0.1, -0.05) is 15.9 Å². The number of carbonyl (C=O) groups is 1. The van der Waals surface area contributed by atoms with Crippen molar-refractivity contribution < 1.29 is 18.3 Å². The van der Waals surface area contributed by atoms with E-state index in [0.29, 0.717) is 18.4 Å². The second-order valence-corrected chi connectivity index (χ2v) is 4.55. The van der Waals surface area contributed by atoms with E-state index in [2.05, 4.69) is 21.2 Å². The third-order valence-corrected chi connectivity index (χ3v) is 2.74. The summed E-state index contributed by atoms with van der Waals surface area (Å²) in [6.45, 7) is 0.342. The normalized spacial score (nSPS) is 12.2. The van der Waals surface area contributed by atoms with Crippen LogP contribution in [0.1, 0.15) is 16.8 Å². The largest absolute Gasteiger partial charge is 0.383 e. The van der Waals surface area contributed by atoms with Gasteiger partial charge in [0.2, 0.25) is 0 Å². The van der Waals surface area contributed by atoms with Crippen molar-refractivity contribution in [1.82, 2.24) is 5.32 Å². The number of ether oxygens (including phenoxy) is 1. The molecule has 3 nitrogen and oxygen atoms in total. The summed E-state index contributed by atoms with van der Waals surface area (Å²) in [4.78, 5) is 11.8. The highest BCUT2D eigenvalue weighted by Gasteiger charge is 2.14. The number of nitrogens with one attached hydrogen (secondary N) is 1. The van der Waals surface area contributed by atoms with E-state index in [1.54, 1.807) is 0 Å². The Balaban J connectivity index is 2.73. The number of hydrogen-bond acceptors (Lipinski definition) is 2. The highest BCUT2D eigenvalue weighted by molar-refractivity contribution is 9.09. The Bertz CT molecular complexity index is 389. The van der Waals surface area contributed by atoms with Gasteiger partial charge in [-0.15, -0.1) is 0 Å². The smallest absolute Gasteiger partial charge is 0.251 e. The van der Waals surface area contributed by atoms with Crippen LogP contribution in [0.4, 0.5) is 8.78 Å². The van der Waals surface area contributed by atoms with Crippen LogP contribution in [0.25, 0.3) is 0 Å². The van der Waals surface area contributed by atoms with Crippen LogP contribution in [0.2, 0.25) is 0 Å². The molecule has 1 aromatic carbocycles. The van der Waals surface area contributed by atoms with Gasteiger partial charge in [0.15, 0.2) is 0 Å². The van der Waals surface area contributed by atoms with E-state index in [9.17, 15) is 13.6 Å². The maximum atomic E-state index is 13.0. The fraction of sp³-hybridized carbons (Fsp3) is 0.417. The highest BCUT2D eigenvalue weighted by atomic mass is 79.9. The Morgan fingerprint density at radius 2 is 2.00 bits per heavy atom. The Kier molecular flexibility index (Phi) is 6.21. The Morgan fingerprint density at radius 1 is 1.39 bits per heavy atom. The second kappa shape index (κ2) is 7.43. The summed E-state index contributed by atoms with van der Waals surface area (Å²) in [6, 6.07) is 2.52. The van der Waals surface area contributed by atoms with Crippen molar-refractivity contribution in [2.24, 2.45) is 0 Å². The first kappa shape index (κ1) is 15.0. The summed E-state index contributed by atoms with van der Waals surface area (Å²) < 4.78 is 30.9. The minimum Gasteiger partial charge on any atom is -0.383 e. The minimum atomic E-state index is -0.774. The molecule has 0 heterocycles. The SMILES string of the molecule is COCC(CCBr)NC(=O)c1cc(F)cc(F)c1. The van der Waals surface area contributed by atoms with Gasteiger partial charge in [0.05, 0.1) is 12.6 Å². The molecule has 0 aliphatic carbocycles. The molecular formula is C12H14BrF2NO2. The molecule has 0 aromatic heterocycles. The number of hydrogen-bond donors (Lipinski definition) is 1. The van der Waals surface area contributed by atoms with Gasteiger partial charge in [-0.05, 0) is 18.6 Å². The number of benzene rings is 1. The third-order valence-electron chi connectivity index (χ3n) is 2.29. The molecule has 1 rings (SSSR count). The molecule has 18 heavy (non-hydrogen) atoms. The van der Waals surface area contributed by atoms with E-state index >= 15 is 0 Å². The number of methoxy groups -OCH3 is 1. The van der Waals surface area contributed by atoms with Crippen LogP contribution in [-0.2, 0) is 4.74 Å². The number of halogens is 3. The zero-order valence-corrected chi connectivity index (χ0v) is 11.5. The van der Waals surface area contributed by atoms with E-state index in [1.807, 2.05) is 0 Å². The number of alkyl halides is 1. The first-order valence-corrected chi connectivity index (χ1v) is 6.50. The molecule has 0 radical (unpaired) electrons. The predicted octanol–water partition coefficient (Wildman–Crippen LogP) is 2.49. The molecule has 0 saturated carbocycles. The zero-order valence-electron chi connectivity index (χ0n) is 9.88. The lowest BCUT2D eigenvalue weighted by atomic mass is 10.1. The monoisotopic (exact) mass is 321 g/mol. The molecular weight excluding hydrogens is 308 g/mol. The summed E-state index contributed by atoms with van der Waals surface area (Å²) in [5.74, 6) is -2.07. The molecule has 1 atom stereocenters. The summed E-state index contributed by atoms with van der Waals surface area (Å²) >= 11 is 3.26. The Hall–Kier alpha value is -1.01. The Labute approximate surface area is 113 Å². The molecule has 1 aromatic rings. The zero-order chi connectivity index (χ0) is 13.5. The van der Waals surface area contributed by atoms with E-state index in [4.69, 9.17) is 4.74 Å². The van der Waals surface area contributed by atoms with Crippen LogP contribution in [0, 0.1) is 11.6 Å². The molecule has 100 valence electrons. The van der Waals surface area contributed by atoms with E-state index in [-0.39, 0.29) is 11.6 Å². The summed E-state index contributed by atoms with van der Waals surface area (Å²) in [7, 11) is 1.52. The summed E-state index contributed by atoms with van der Waals surface area (Å²) in [6.07, 6.45) is 0.664. The van der Waals surface area contributed by atoms with Crippen LogP contribution >= 0.6 is 15.9 Å². The maximum absolute atomic E-state index is 13.0. The van der Waals surface area contributed by atoms with Crippen molar-refractivity contribution in [3.63, 3.8) is 0 Å². The predicted molar refractivity (Wildman–Crippen MR) is 67.9 cm³/mol. The summed E-state index contributed by atoms with van der Waals surface area (Å²) in [5.41, 5.74) is -0.0387. The molecule has 0 bridgehead atoms. The molecule has 0 saturated heterocycles. The van der Waals surface area contributed by atoms with Gasteiger partial charge in [0.1, 0.15) is 11.6 Å². The lowest BCUT2D eigenvalue weighted by Gasteiger charge is -2.16. The lowest BCUT2D eigenvalue weighted by Crippen LogP contribution is -2.38. The summed E-state index contributed by atoms with van der Waals surface area (Å²) in [5, 5.41) is 3.36. The van der Waals surface area contributed by atoms with Crippen molar-refractivity contribution in [2.45, 2.75) is 12.5 Å². The van der Waals surface area contributed by atoms with Crippen molar-refractivity contribution >= 4 is 21.8 Å². The topological polar surface area (TPSA) is 38.3 Å². The van der Waals surface area contributed by atoms with Gasteiger partial charge in [0, 0.05) is 24.1 Å². The van der Waals surface area contributed by atoms with E-state index in [1.165, 1.54) is 7.11 Å². The van der Waals surface area contributed by atoms with Crippen LogP contribution in [0.15, 0.2) is 18.2 Å². The number of rotatable bonds is 6. The van der Waals surface area contributed by atoms with Crippen molar-refractivity contribution in [2.75, 3.05) is 19.0 Å². The average Bonchev–Trinajstić information content (AvgIpc) is 2.28. The van der Waals surface area contributed by atoms with Gasteiger partial charge in [-0.25, -0.2) is 8.78 Å². The third kappa shape index (κ3) is 4.70. The molecule has 1 amide bonds. The average molecular weight is 322 g/mol. The molecule has 1 N–H and O–H groups in total. The maximum Gasteiger partial charge on any atom is 0.251 e. The Morgan fingerprint density at radius 3 is 2.50 bits per heavy atom. The first-order chi connectivity index (χ1) is 8.56. The van der Waals surface area contributed by atoms with E-state index in [0.717, 1.165) is 18.2 Å². The fourth-order valence-corrected chi connectivity index (χ4v) is 2.04. The first-order valence-electron chi connectivity index (χ1n) is 5.38. The van der Waals surface area contributed by atoms with Crippen LogP contribution in [0.5, 0.6) is 0 Å². The molecule has 0 fully saturated rings. The van der Waals surface area contributed by atoms with Crippen LogP contribution in [-0.4, -0.2) is 31.0 Å². The molecule has 6 heteroatoms. The number of amides is 1. The second-order valence-electron chi connectivity index (χ2n) is 3.76. The van der Waals surface area contributed by atoms with Crippen molar-refractivity contribution in [3.05, 3.63) is 35.4 Å². The van der Waals surface area contributed by atoms with Gasteiger partial charge < -0.3 is 10.1 Å². The van der Waals surface area contributed by atoms with Crippen molar-refractivity contribution in [3.8, 4) is 0 Å². The molecule has 1 unspecified atom stereocenters. The van der Waals surface area contributed by atoms with Crippen LogP contribution in [0.3, 0.4) is 0 Å². The molecule has 0 aliphatic rings.